The van der Waals surface area contributed by atoms with Crippen LogP contribution in [0.3, 0.4) is 0 Å². The van der Waals surface area contributed by atoms with Gasteiger partial charge in [0, 0.05) is 5.41 Å². The predicted octanol–water partition coefficient (Wildman–Crippen LogP) is 2.38. The van der Waals surface area contributed by atoms with Crippen molar-refractivity contribution in [1.29, 1.82) is 0 Å². The largest absolute Gasteiger partial charge is 0.477 e. The van der Waals surface area contributed by atoms with Gasteiger partial charge in [0.2, 0.25) is 0 Å². The van der Waals surface area contributed by atoms with Crippen LogP contribution in [0.1, 0.15) is 26.2 Å². The van der Waals surface area contributed by atoms with Gasteiger partial charge in [-0.1, -0.05) is 43.7 Å². The fourth-order valence-electron chi connectivity index (χ4n) is 2.01. The molecule has 0 aromatic carbocycles. The third kappa shape index (κ3) is 3.31. The maximum absolute atomic E-state index is 10.9. The van der Waals surface area contributed by atoms with Gasteiger partial charge in [-0.15, -0.1) is 0 Å². The molecule has 4 heteroatoms. The first-order chi connectivity index (χ1) is 8.01. The van der Waals surface area contributed by atoms with E-state index in [9.17, 15) is 9.59 Å². The van der Waals surface area contributed by atoms with Gasteiger partial charge < -0.3 is 10.2 Å². The number of aliphatic carboxylic acids is 2. The van der Waals surface area contributed by atoms with E-state index in [2.05, 4.69) is 0 Å². The average Bonchev–Trinajstić information content (AvgIpc) is 2.27. The van der Waals surface area contributed by atoms with E-state index in [1.54, 1.807) is 0 Å². The van der Waals surface area contributed by atoms with E-state index < -0.39 is 22.9 Å². The summed E-state index contributed by atoms with van der Waals surface area (Å²) in [6, 6.07) is 0. The van der Waals surface area contributed by atoms with Gasteiger partial charge in [0.25, 0.3) is 0 Å². The highest BCUT2D eigenvalue weighted by Crippen LogP contribution is 2.35. The first-order valence-corrected chi connectivity index (χ1v) is 5.54. The van der Waals surface area contributed by atoms with E-state index in [0.717, 1.165) is 12.8 Å². The van der Waals surface area contributed by atoms with Crippen LogP contribution in [0.2, 0.25) is 0 Å². The summed E-state index contributed by atoms with van der Waals surface area (Å²) in [5.74, 6) is -2.79. The number of hydrogen-bond donors (Lipinski definition) is 2. The third-order valence-electron chi connectivity index (χ3n) is 2.78. The quantitative estimate of drug-likeness (QED) is 0.436. The van der Waals surface area contributed by atoms with Crippen LogP contribution in [0.15, 0.2) is 36.0 Å². The molecule has 1 aliphatic carbocycles. The zero-order valence-electron chi connectivity index (χ0n) is 9.72. The molecule has 0 spiro atoms. The number of carboxylic acid groups (broad SMARTS) is 2. The molecular weight excluding hydrogens is 220 g/mol. The summed E-state index contributed by atoms with van der Waals surface area (Å²) in [6.07, 6.45) is 11.1. The molecule has 0 saturated carbocycles. The van der Waals surface area contributed by atoms with Gasteiger partial charge in [-0.05, 0) is 12.8 Å². The van der Waals surface area contributed by atoms with Crippen molar-refractivity contribution in [2.75, 3.05) is 0 Å². The van der Waals surface area contributed by atoms with Crippen LogP contribution in [-0.4, -0.2) is 22.2 Å². The molecule has 1 rings (SSSR count). The van der Waals surface area contributed by atoms with Gasteiger partial charge in [-0.3, -0.25) is 0 Å². The van der Waals surface area contributed by atoms with E-state index in [-0.39, 0.29) is 0 Å². The van der Waals surface area contributed by atoms with Gasteiger partial charge in [0.05, 0.1) is 0 Å². The van der Waals surface area contributed by atoms with Gasteiger partial charge in [0.1, 0.15) is 5.57 Å². The minimum absolute atomic E-state index is 0.477. The summed E-state index contributed by atoms with van der Waals surface area (Å²) in [7, 11) is 0. The maximum atomic E-state index is 10.9. The molecule has 0 radical (unpaired) electrons. The van der Waals surface area contributed by atoms with Crippen LogP contribution < -0.4 is 0 Å². The number of carboxylic acids is 2. The van der Waals surface area contributed by atoms with Crippen LogP contribution in [0.25, 0.3) is 0 Å². The van der Waals surface area contributed by atoms with E-state index in [1.807, 2.05) is 31.2 Å². The molecule has 0 heterocycles. The lowest BCUT2D eigenvalue weighted by Gasteiger charge is -2.27. The van der Waals surface area contributed by atoms with Gasteiger partial charge >= 0.3 is 11.9 Å². The lowest BCUT2D eigenvalue weighted by molar-refractivity contribution is -0.140. The zero-order chi connectivity index (χ0) is 12.9. The van der Waals surface area contributed by atoms with Crippen molar-refractivity contribution in [3.05, 3.63) is 36.0 Å². The second-order valence-corrected chi connectivity index (χ2v) is 4.14. The summed E-state index contributed by atoms with van der Waals surface area (Å²) in [5.41, 5.74) is -1.03. The molecule has 0 aromatic rings. The molecule has 92 valence electrons. The zero-order valence-corrected chi connectivity index (χ0v) is 9.72. The Morgan fingerprint density at radius 3 is 2.35 bits per heavy atom. The molecule has 0 fully saturated rings. The monoisotopic (exact) mass is 236 g/mol. The summed E-state index contributed by atoms with van der Waals surface area (Å²) in [5, 5.41) is 17.7. The fraction of sp³-hybridized carbons (Fsp3) is 0.385. The third-order valence-corrected chi connectivity index (χ3v) is 2.78. The van der Waals surface area contributed by atoms with Crippen LogP contribution in [0.4, 0.5) is 0 Å². The van der Waals surface area contributed by atoms with E-state index in [1.165, 1.54) is 6.08 Å². The normalized spacial score (nSPS) is 22.2. The first kappa shape index (κ1) is 13.2. The van der Waals surface area contributed by atoms with E-state index in [4.69, 9.17) is 10.2 Å². The van der Waals surface area contributed by atoms with Crippen molar-refractivity contribution in [2.45, 2.75) is 26.2 Å². The molecule has 17 heavy (non-hydrogen) atoms. The Bertz CT molecular complexity index is 388. The Labute approximate surface area is 100.0 Å². The first-order valence-electron chi connectivity index (χ1n) is 5.54. The standard InChI is InChI=1S/C13H16O4/c1-2-6-13(7-4-3-5-8-13)9-10(11(14)15)12(16)17/h3-5,7,9H,2,6,8H2,1H3,(H,14,15)(H,16,17). The summed E-state index contributed by atoms with van der Waals surface area (Å²) >= 11 is 0. The number of rotatable bonds is 5. The molecule has 2 N–H and O–H groups in total. The Morgan fingerprint density at radius 1 is 1.29 bits per heavy atom. The Hall–Kier alpha value is -1.84. The van der Waals surface area contributed by atoms with Crippen molar-refractivity contribution < 1.29 is 19.8 Å². The van der Waals surface area contributed by atoms with Crippen molar-refractivity contribution in [2.24, 2.45) is 5.41 Å². The highest BCUT2D eigenvalue weighted by atomic mass is 16.4. The molecule has 0 aliphatic heterocycles. The van der Waals surface area contributed by atoms with E-state index >= 15 is 0 Å². The molecule has 4 nitrogen and oxygen atoms in total. The summed E-state index contributed by atoms with van der Waals surface area (Å²) in [6.45, 7) is 1.99. The van der Waals surface area contributed by atoms with Crippen molar-refractivity contribution in [3.63, 3.8) is 0 Å². The van der Waals surface area contributed by atoms with Crippen LogP contribution in [0.5, 0.6) is 0 Å². The summed E-state index contributed by atoms with van der Waals surface area (Å²) in [4.78, 5) is 21.7. The van der Waals surface area contributed by atoms with Crippen molar-refractivity contribution in [1.82, 2.24) is 0 Å². The van der Waals surface area contributed by atoms with Crippen molar-refractivity contribution in [3.8, 4) is 0 Å². The van der Waals surface area contributed by atoms with Crippen molar-refractivity contribution >= 4 is 11.9 Å². The molecule has 0 amide bonds. The molecule has 1 aliphatic rings. The SMILES string of the molecule is CCCC1(C=C(C(=O)O)C(=O)O)C=CC=CC1. The topological polar surface area (TPSA) is 74.6 Å². The number of hydrogen-bond acceptors (Lipinski definition) is 2. The van der Waals surface area contributed by atoms with Crippen LogP contribution in [0, 0.1) is 5.41 Å². The Balaban J connectivity index is 3.11. The second kappa shape index (κ2) is 5.48. The smallest absolute Gasteiger partial charge is 0.342 e. The van der Waals surface area contributed by atoms with Gasteiger partial charge in [-0.25, -0.2) is 9.59 Å². The molecule has 0 bridgehead atoms. The van der Waals surface area contributed by atoms with Crippen LogP contribution >= 0.6 is 0 Å². The Morgan fingerprint density at radius 2 is 1.94 bits per heavy atom. The molecule has 0 saturated heterocycles. The van der Waals surface area contributed by atoms with Gasteiger partial charge in [-0.2, -0.15) is 0 Å². The molecule has 0 aromatic heterocycles. The fourth-order valence-corrected chi connectivity index (χ4v) is 2.01. The lowest BCUT2D eigenvalue weighted by Crippen LogP contribution is -2.21. The van der Waals surface area contributed by atoms with Crippen LogP contribution in [-0.2, 0) is 9.59 Å². The lowest BCUT2D eigenvalue weighted by atomic mass is 9.76. The van der Waals surface area contributed by atoms with Gasteiger partial charge in [0.15, 0.2) is 0 Å². The van der Waals surface area contributed by atoms with E-state index in [0.29, 0.717) is 6.42 Å². The second-order valence-electron chi connectivity index (χ2n) is 4.14. The molecule has 1 unspecified atom stereocenters. The summed E-state index contributed by atoms with van der Waals surface area (Å²) < 4.78 is 0. The highest BCUT2D eigenvalue weighted by Gasteiger charge is 2.28. The average molecular weight is 236 g/mol. The predicted molar refractivity (Wildman–Crippen MR) is 63.6 cm³/mol. The minimum Gasteiger partial charge on any atom is -0.477 e. The Kier molecular flexibility index (Phi) is 4.26. The molecular formula is C13H16O4. The maximum Gasteiger partial charge on any atom is 0.342 e. The number of carbonyl (C=O) groups is 2. The number of allylic oxidation sites excluding steroid dienone is 5. The molecule has 1 atom stereocenters. The minimum atomic E-state index is -1.39. The highest BCUT2D eigenvalue weighted by molar-refractivity contribution is 6.12.